The zero-order valence-corrected chi connectivity index (χ0v) is 40.8. The second-order valence-corrected chi connectivity index (χ2v) is 20.5. The van der Waals surface area contributed by atoms with Gasteiger partial charge in [-0.25, -0.2) is 0 Å². The van der Waals surface area contributed by atoms with Crippen LogP contribution in [0.5, 0.6) is 0 Å². The van der Waals surface area contributed by atoms with E-state index >= 15 is 0 Å². The fourth-order valence-corrected chi connectivity index (χ4v) is 12.2. The molecule has 0 N–H and O–H groups in total. The van der Waals surface area contributed by atoms with Crippen molar-refractivity contribution >= 4 is 45.9 Å². The van der Waals surface area contributed by atoms with Crippen molar-refractivity contribution < 1.29 is 0 Å². The Kier molecular flexibility index (Phi) is 10.8. The summed E-state index contributed by atoms with van der Waals surface area (Å²) in [5.41, 5.74) is 28.7. The van der Waals surface area contributed by atoms with Gasteiger partial charge >= 0.3 is 0 Å². The number of aromatic nitrogens is 1. The first-order chi connectivity index (χ1) is 34.9. The van der Waals surface area contributed by atoms with Gasteiger partial charge in [0.1, 0.15) is 0 Å². The summed E-state index contributed by atoms with van der Waals surface area (Å²) in [4.78, 5) is 2.49. The van der Waals surface area contributed by atoms with E-state index in [4.69, 9.17) is 0 Å². The Morgan fingerprint density at radius 2 is 1.15 bits per heavy atom. The molecule has 2 nitrogen and oxygen atoms in total. The summed E-state index contributed by atoms with van der Waals surface area (Å²) in [6, 6.07) is 61.9. The standard InChI is InChI=1S/C69H58N2/c1-69(2)65-29-17-15-27-61(65)63-46-58(36-37-66(63)69)70(59-41-53(47-19-7-3-8-20-47)39-54(42-59)48-21-9-4-10-22-48)57-34-31-51(32-35-57)52-33-38-68-64(45-52)62-28-16-18-30-67(62)71(68)60-43-55(49-23-11-5-12-24-49)40-56(44-60)50-25-13-6-14-26-50/h3,5-9,11-13,15,17-25,27,29-32,34-37,39-46H,4,10,14,16,26,28,33,38H2,1-2H3. The molecule has 0 amide bonds. The number of fused-ring (bicyclic) bond motifs is 6. The molecule has 0 radical (unpaired) electrons. The molecule has 2 heteroatoms. The molecule has 0 bridgehead atoms. The lowest BCUT2D eigenvalue weighted by Crippen LogP contribution is -2.15. The minimum atomic E-state index is -0.0685. The van der Waals surface area contributed by atoms with Crippen LogP contribution in [-0.2, 0) is 18.3 Å². The SMILES string of the molecule is CC1(C)c2ccccc2-c2cc(N(c3ccc(C4=Cc5c6c(n(-c7cc(C8=CC=CCC8)cc(-c8ccccc8)c7)c5CC4)C=CCC6)cc3)c3cc(C4=CCCC=C4)cc(-c4ccccc4)c3)ccc21. The lowest BCUT2D eigenvalue weighted by atomic mass is 9.82. The van der Waals surface area contributed by atoms with E-state index in [0.717, 1.165) is 68.4 Å². The highest BCUT2D eigenvalue weighted by Gasteiger charge is 2.36. The van der Waals surface area contributed by atoms with Crippen LogP contribution in [0.3, 0.4) is 0 Å². The van der Waals surface area contributed by atoms with Crippen LogP contribution in [0.4, 0.5) is 17.1 Å². The summed E-state index contributed by atoms with van der Waals surface area (Å²) in [5.74, 6) is 0. The number of anilines is 3. The average molecular weight is 915 g/mol. The highest BCUT2D eigenvalue weighted by molar-refractivity contribution is 5.92. The van der Waals surface area contributed by atoms with E-state index in [-0.39, 0.29) is 5.41 Å². The maximum absolute atomic E-state index is 2.61. The van der Waals surface area contributed by atoms with Crippen LogP contribution in [0, 0.1) is 0 Å². The zero-order chi connectivity index (χ0) is 47.5. The van der Waals surface area contributed by atoms with E-state index in [1.165, 1.54) is 106 Å². The van der Waals surface area contributed by atoms with Gasteiger partial charge in [-0.2, -0.15) is 0 Å². The van der Waals surface area contributed by atoms with E-state index < -0.39 is 0 Å². The van der Waals surface area contributed by atoms with Crippen LogP contribution >= 0.6 is 0 Å². The van der Waals surface area contributed by atoms with E-state index in [0.29, 0.717) is 0 Å². The minimum Gasteiger partial charge on any atom is -0.313 e. The molecule has 8 aromatic rings. The fourth-order valence-electron chi connectivity index (χ4n) is 12.2. The molecule has 7 aromatic carbocycles. The molecule has 0 unspecified atom stereocenters. The monoisotopic (exact) mass is 914 g/mol. The average Bonchev–Trinajstić information content (AvgIpc) is 3.89. The quantitative estimate of drug-likeness (QED) is 0.140. The fraction of sp³-hybridized carbons (Fsp3) is 0.159. The summed E-state index contributed by atoms with van der Waals surface area (Å²) >= 11 is 0. The second kappa shape index (κ2) is 17.8. The highest BCUT2D eigenvalue weighted by Crippen LogP contribution is 2.51. The van der Waals surface area contributed by atoms with Crippen LogP contribution in [0.25, 0.3) is 67.9 Å². The number of hydrogen-bond donors (Lipinski definition) is 0. The molecule has 1 heterocycles. The number of hydrogen-bond acceptors (Lipinski definition) is 1. The van der Waals surface area contributed by atoms with Crippen LogP contribution < -0.4 is 4.90 Å². The second-order valence-electron chi connectivity index (χ2n) is 20.5. The Labute approximate surface area is 419 Å². The molecule has 13 rings (SSSR count). The highest BCUT2D eigenvalue weighted by atomic mass is 15.1. The Morgan fingerprint density at radius 1 is 0.465 bits per heavy atom. The van der Waals surface area contributed by atoms with Crippen LogP contribution in [0.1, 0.15) is 103 Å². The van der Waals surface area contributed by atoms with Gasteiger partial charge in [-0.05, 0) is 213 Å². The van der Waals surface area contributed by atoms with Crippen molar-refractivity contribution in [2.24, 2.45) is 0 Å². The maximum Gasteiger partial charge on any atom is 0.0494 e. The van der Waals surface area contributed by atoms with E-state index in [1.54, 1.807) is 0 Å². The first-order valence-electron chi connectivity index (χ1n) is 25.9. The Balaban J connectivity index is 0.925. The molecule has 0 saturated carbocycles. The van der Waals surface area contributed by atoms with Gasteiger partial charge in [0, 0.05) is 39.6 Å². The van der Waals surface area contributed by atoms with Crippen molar-refractivity contribution in [1.82, 2.24) is 4.57 Å². The third kappa shape index (κ3) is 7.74. The van der Waals surface area contributed by atoms with Crippen LogP contribution in [-0.4, -0.2) is 4.57 Å². The molecule has 0 saturated heterocycles. The molecule has 0 fully saturated rings. The molecule has 344 valence electrons. The van der Waals surface area contributed by atoms with E-state index in [2.05, 4.69) is 242 Å². The molecular weight excluding hydrogens is 857 g/mol. The molecule has 0 spiro atoms. The Morgan fingerprint density at radius 3 is 1.93 bits per heavy atom. The summed E-state index contributed by atoms with van der Waals surface area (Å²) in [5, 5.41) is 0. The topological polar surface area (TPSA) is 8.17 Å². The van der Waals surface area contributed by atoms with Gasteiger partial charge < -0.3 is 9.47 Å². The Bertz CT molecular complexity index is 3580. The summed E-state index contributed by atoms with van der Waals surface area (Å²) in [7, 11) is 0. The number of rotatable bonds is 9. The third-order valence-corrected chi connectivity index (χ3v) is 15.8. The molecule has 5 aliphatic carbocycles. The lowest BCUT2D eigenvalue weighted by Gasteiger charge is -2.29. The number of allylic oxidation sites excluding steroid dienone is 10. The number of benzene rings is 7. The normalized spacial score (nSPS) is 16.1. The van der Waals surface area contributed by atoms with Gasteiger partial charge in [0.15, 0.2) is 0 Å². The van der Waals surface area contributed by atoms with E-state index in [1.807, 2.05) is 0 Å². The smallest absolute Gasteiger partial charge is 0.0494 e. The van der Waals surface area contributed by atoms with Crippen molar-refractivity contribution in [1.29, 1.82) is 0 Å². The van der Waals surface area contributed by atoms with Crippen molar-refractivity contribution in [3.05, 3.63) is 257 Å². The van der Waals surface area contributed by atoms with Gasteiger partial charge in [-0.1, -0.05) is 160 Å². The first-order valence-corrected chi connectivity index (χ1v) is 25.9. The zero-order valence-electron chi connectivity index (χ0n) is 40.8. The van der Waals surface area contributed by atoms with Gasteiger partial charge in [0.25, 0.3) is 0 Å². The van der Waals surface area contributed by atoms with Gasteiger partial charge in [0.2, 0.25) is 0 Å². The lowest BCUT2D eigenvalue weighted by molar-refractivity contribution is 0.660. The largest absolute Gasteiger partial charge is 0.313 e. The molecule has 5 aliphatic rings. The maximum atomic E-state index is 2.61. The van der Waals surface area contributed by atoms with Crippen molar-refractivity contribution in [3.63, 3.8) is 0 Å². The minimum absolute atomic E-state index is 0.0685. The molecule has 0 aliphatic heterocycles. The summed E-state index contributed by atoms with van der Waals surface area (Å²) in [6.45, 7) is 4.74. The van der Waals surface area contributed by atoms with Gasteiger partial charge in [0.05, 0.1) is 0 Å². The first kappa shape index (κ1) is 43.1. The molecule has 71 heavy (non-hydrogen) atoms. The number of nitrogens with zero attached hydrogens (tertiary/aromatic N) is 2. The van der Waals surface area contributed by atoms with Gasteiger partial charge in [-0.15, -0.1) is 0 Å². The summed E-state index contributed by atoms with van der Waals surface area (Å²) < 4.78 is 2.61. The van der Waals surface area contributed by atoms with Crippen molar-refractivity contribution in [2.45, 2.75) is 70.6 Å². The third-order valence-electron chi connectivity index (χ3n) is 15.8. The van der Waals surface area contributed by atoms with Gasteiger partial charge in [-0.3, -0.25) is 0 Å². The summed E-state index contributed by atoms with van der Waals surface area (Å²) in [6.07, 6.45) is 29.5. The Hall–Kier alpha value is -7.94. The predicted molar refractivity (Wildman–Crippen MR) is 302 cm³/mol. The van der Waals surface area contributed by atoms with Crippen LogP contribution in [0.15, 0.2) is 206 Å². The van der Waals surface area contributed by atoms with E-state index in [9.17, 15) is 0 Å². The van der Waals surface area contributed by atoms with Crippen molar-refractivity contribution in [3.8, 4) is 39.1 Å². The molecular formula is C69H58N2. The van der Waals surface area contributed by atoms with Crippen LogP contribution in [0.2, 0.25) is 0 Å². The molecule has 1 aromatic heterocycles. The van der Waals surface area contributed by atoms with Crippen molar-refractivity contribution in [2.75, 3.05) is 4.90 Å². The predicted octanol–water partition coefficient (Wildman–Crippen LogP) is 18.5. The molecule has 0 atom stereocenters.